The predicted molar refractivity (Wildman–Crippen MR) is 175 cm³/mol. The number of hydrogen-bond donors (Lipinski definition) is 0. The van der Waals surface area contributed by atoms with Crippen LogP contribution in [0.1, 0.15) is 5.82 Å². The van der Waals surface area contributed by atoms with Gasteiger partial charge in [0.05, 0.1) is 16.7 Å². The fourth-order valence-corrected chi connectivity index (χ4v) is 6.29. The minimum Gasteiger partial charge on any atom is -0.289 e. The topological polar surface area (TPSA) is 17.8 Å². The summed E-state index contributed by atoms with van der Waals surface area (Å²) in [5.41, 5.74) is 10.1. The summed E-state index contributed by atoms with van der Waals surface area (Å²) in [5.74, 6) is 0.937. The highest BCUT2D eigenvalue weighted by molar-refractivity contribution is 6.21. The van der Waals surface area contributed by atoms with E-state index in [1.54, 1.807) is 0 Å². The van der Waals surface area contributed by atoms with E-state index in [4.69, 9.17) is 4.98 Å². The minimum absolute atomic E-state index is 0.937. The highest BCUT2D eigenvalue weighted by Gasteiger charge is 2.17. The van der Waals surface area contributed by atoms with Crippen molar-refractivity contribution in [2.24, 2.45) is 0 Å². The second-order valence-corrected chi connectivity index (χ2v) is 10.6. The van der Waals surface area contributed by atoms with E-state index in [0.717, 1.165) is 28.1 Å². The molecule has 0 atom stereocenters. The number of fused-ring (bicyclic) bond motifs is 3. The van der Waals surface area contributed by atoms with E-state index in [1.165, 1.54) is 49.4 Å². The number of aromatic nitrogens is 2. The molecule has 1 aromatic heterocycles. The van der Waals surface area contributed by atoms with E-state index < -0.39 is 0 Å². The highest BCUT2D eigenvalue weighted by atomic mass is 15.1. The lowest BCUT2D eigenvalue weighted by atomic mass is 9.86. The van der Waals surface area contributed by atoms with Crippen molar-refractivity contribution >= 4 is 32.6 Å². The largest absolute Gasteiger partial charge is 0.289 e. The molecule has 1 heterocycles. The Bertz CT molecular complexity index is 2170. The number of para-hydroxylation sites is 2. The van der Waals surface area contributed by atoms with Gasteiger partial charge in [-0.2, -0.15) is 0 Å². The van der Waals surface area contributed by atoms with Crippen molar-refractivity contribution in [3.05, 3.63) is 157 Å². The zero-order valence-electron chi connectivity index (χ0n) is 23.2. The molecule has 0 spiro atoms. The summed E-state index contributed by atoms with van der Waals surface area (Å²) in [6.07, 6.45) is 0. The number of nitrogens with zero attached hydrogens (tertiary/aromatic N) is 2. The van der Waals surface area contributed by atoms with Gasteiger partial charge in [0.2, 0.25) is 0 Å². The molecule has 0 fully saturated rings. The second-order valence-electron chi connectivity index (χ2n) is 10.6. The number of rotatable bonds is 4. The molecule has 196 valence electrons. The van der Waals surface area contributed by atoms with Crippen molar-refractivity contribution in [1.82, 2.24) is 9.55 Å². The molecule has 8 rings (SSSR count). The van der Waals surface area contributed by atoms with E-state index >= 15 is 0 Å². The molecule has 7 aromatic carbocycles. The Morgan fingerprint density at radius 3 is 1.67 bits per heavy atom. The maximum atomic E-state index is 4.74. The van der Waals surface area contributed by atoms with Gasteiger partial charge in [-0.15, -0.1) is 0 Å². The third-order valence-corrected chi connectivity index (χ3v) is 8.18. The van der Waals surface area contributed by atoms with Crippen molar-refractivity contribution in [1.29, 1.82) is 0 Å². The van der Waals surface area contributed by atoms with E-state index in [1.807, 2.05) is 25.1 Å². The molecule has 0 saturated carbocycles. The van der Waals surface area contributed by atoms with Gasteiger partial charge in [0.15, 0.2) is 0 Å². The Morgan fingerprint density at radius 2 is 1.02 bits per heavy atom. The maximum absolute atomic E-state index is 4.74. The number of imidazole rings is 1. The average Bonchev–Trinajstić information content (AvgIpc) is 3.40. The molecule has 2 nitrogen and oxygen atoms in total. The van der Waals surface area contributed by atoms with Gasteiger partial charge in [-0.05, 0) is 81.1 Å². The SMILES string of the molecule is Cc1nc2ccccc2n1-c1c#cc(-c2c3ccccc3c(-c3ccc(-c4ccccc4)cc3)c3ccccc23)cc1. The van der Waals surface area contributed by atoms with Crippen molar-refractivity contribution < 1.29 is 0 Å². The molecule has 8 aromatic rings. The van der Waals surface area contributed by atoms with Gasteiger partial charge in [-0.1, -0.05) is 121 Å². The molecule has 0 bridgehead atoms. The zero-order valence-corrected chi connectivity index (χ0v) is 23.2. The van der Waals surface area contributed by atoms with Crippen molar-refractivity contribution in [2.75, 3.05) is 0 Å². The molecular formula is C40H26N2. The second kappa shape index (κ2) is 9.77. The molecule has 2 heteroatoms. The number of hydrogen-bond acceptors (Lipinski definition) is 1. The van der Waals surface area contributed by atoms with Gasteiger partial charge in [0.25, 0.3) is 0 Å². The summed E-state index contributed by atoms with van der Waals surface area (Å²) in [4.78, 5) is 4.74. The summed E-state index contributed by atoms with van der Waals surface area (Å²) in [5, 5.41) is 4.88. The Hall–Kier alpha value is -5.65. The molecule has 0 aliphatic carbocycles. The van der Waals surface area contributed by atoms with Crippen molar-refractivity contribution in [3.8, 4) is 39.1 Å². The van der Waals surface area contributed by atoms with Crippen LogP contribution in [0.2, 0.25) is 0 Å². The van der Waals surface area contributed by atoms with Crippen LogP contribution in [0.5, 0.6) is 0 Å². The van der Waals surface area contributed by atoms with E-state index in [0.29, 0.717) is 0 Å². The van der Waals surface area contributed by atoms with Gasteiger partial charge in [-0.3, -0.25) is 4.57 Å². The fourth-order valence-electron chi connectivity index (χ4n) is 6.29. The lowest BCUT2D eigenvalue weighted by molar-refractivity contribution is 1.00. The van der Waals surface area contributed by atoms with Crippen LogP contribution in [0.15, 0.2) is 140 Å². The fraction of sp³-hybridized carbons (Fsp3) is 0.0250. The highest BCUT2D eigenvalue weighted by Crippen LogP contribution is 2.43. The van der Waals surface area contributed by atoms with Crippen LogP contribution in [-0.4, -0.2) is 9.55 Å². The van der Waals surface area contributed by atoms with Crippen molar-refractivity contribution in [2.45, 2.75) is 6.92 Å². The third kappa shape index (κ3) is 3.87. The van der Waals surface area contributed by atoms with Crippen molar-refractivity contribution in [3.63, 3.8) is 0 Å². The zero-order chi connectivity index (χ0) is 28.0. The monoisotopic (exact) mass is 534 g/mol. The molecular weight excluding hydrogens is 508 g/mol. The lowest BCUT2D eigenvalue weighted by Crippen LogP contribution is -1.96. The van der Waals surface area contributed by atoms with Crippen LogP contribution < -0.4 is 0 Å². The quantitative estimate of drug-likeness (QED) is 0.205. The summed E-state index contributed by atoms with van der Waals surface area (Å²) >= 11 is 0. The van der Waals surface area contributed by atoms with Gasteiger partial charge < -0.3 is 0 Å². The lowest BCUT2D eigenvalue weighted by Gasteiger charge is -2.17. The first-order valence-electron chi connectivity index (χ1n) is 14.2. The Labute approximate surface area is 245 Å². The third-order valence-electron chi connectivity index (χ3n) is 8.18. The van der Waals surface area contributed by atoms with Crippen LogP contribution in [0.3, 0.4) is 0 Å². The minimum atomic E-state index is 0.937. The number of benzene rings is 6. The van der Waals surface area contributed by atoms with Crippen LogP contribution in [-0.2, 0) is 0 Å². The van der Waals surface area contributed by atoms with Crippen LogP contribution >= 0.6 is 0 Å². The standard InChI is InChI=1S/C40H26N2/c1-27-41-37-17-9-10-18-38(37)42(27)32-25-23-31(24-26-32)40-35-15-7-5-13-33(35)39(34-14-6-8-16-36(34)40)30-21-19-29(20-22-30)28-11-3-2-4-12-28/h2-23,25H,1H3. The predicted octanol–water partition coefficient (Wildman–Crippen LogP) is 10.2. The number of aryl methyl sites for hydroxylation is 1. The molecule has 0 aliphatic heterocycles. The summed E-state index contributed by atoms with van der Waals surface area (Å²) in [6, 6.07) is 56.5. The first-order valence-corrected chi connectivity index (χ1v) is 14.2. The first-order chi connectivity index (χ1) is 20.8. The average molecular weight is 535 g/mol. The van der Waals surface area contributed by atoms with E-state index in [2.05, 4.69) is 138 Å². The molecule has 0 aliphatic rings. The van der Waals surface area contributed by atoms with E-state index in [9.17, 15) is 0 Å². The molecule has 0 radical (unpaired) electrons. The van der Waals surface area contributed by atoms with E-state index in [-0.39, 0.29) is 0 Å². The summed E-state index contributed by atoms with van der Waals surface area (Å²) in [6.45, 7) is 2.04. The van der Waals surface area contributed by atoms with Crippen LogP contribution in [0.25, 0.3) is 71.6 Å². The first kappa shape index (κ1) is 24.2. The van der Waals surface area contributed by atoms with Gasteiger partial charge >= 0.3 is 0 Å². The molecule has 0 amide bonds. The Morgan fingerprint density at radius 1 is 0.476 bits per heavy atom. The molecule has 0 N–H and O–H groups in total. The maximum Gasteiger partial charge on any atom is 0.111 e. The molecule has 42 heavy (non-hydrogen) atoms. The Balaban J connectivity index is 1.30. The van der Waals surface area contributed by atoms with Gasteiger partial charge in [0.1, 0.15) is 5.82 Å². The normalized spacial score (nSPS) is 11.3. The van der Waals surface area contributed by atoms with Crippen LogP contribution in [0.4, 0.5) is 0 Å². The summed E-state index contributed by atoms with van der Waals surface area (Å²) in [7, 11) is 0. The summed E-state index contributed by atoms with van der Waals surface area (Å²) < 4.78 is 2.15. The molecule has 0 unspecified atom stereocenters. The van der Waals surface area contributed by atoms with Gasteiger partial charge in [-0.25, -0.2) is 4.98 Å². The van der Waals surface area contributed by atoms with Crippen LogP contribution in [0, 0.1) is 19.1 Å². The Kier molecular flexibility index (Phi) is 5.62. The smallest absolute Gasteiger partial charge is 0.111 e. The van der Waals surface area contributed by atoms with Gasteiger partial charge in [0, 0.05) is 11.1 Å². The molecule has 0 saturated heterocycles.